The van der Waals surface area contributed by atoms with Crippen LogP contribution in [0.25, 0.3) is 0 Å². The zero-order valence-corrected chi connectivity index (χ0v) is 25.5. The fourth-order valence-electron chi connectivity index (χ4n) is 4.74. The molecule has 0 aromatic heterocycles. The van der Waals surface area contributed by atoms with Crippen LogP contribution in [0.5, 0.6) is 0 Å². The van der Waals surface area contributed by atoms with E-state index in [2.05, 4.69) is 5.32 Å². The lowest BCUT2D eigenvalue weighted by molar-refractivity contribution is -0.388. The summed E-state index contributed by atoms with van der Waals surface area (Å²) in [5, 5.41) is 23.2. The quantitative estimate of drug-likeness (QED) is 0.118. The molecular weight excluding hydrogens is 614 g/mol. The van der Waals surface area contributed by atoms with Gasteiger partial charge < -0.3 is 58.2 Å². The summed E-state index contributed by atoms with van der Waals surface area (Å²) >= 11 is 0. The number of nitrogens with one attached hydrogen (secondary N) is 1. The summed E-state index contributed by atoms with van der Waals surface area (Å²) < 4.78 is 49.1. The maximum absolute atomic E-state index is 12.4. The van der Waals surface area contributed by atoms with Crippen LogP contribution in [0.1, 0.15) is 48.5 Å². The molecule has 0 radical (unpaired) electrons. The van der Waals surface area contributed by atoms with Gasteiger partial charge in [0.1, 0.15) is 24.9 Å². The number of carbonyl (C=O) groups excluding carboxylic acids is 7. The molecule has 0 bridgehead atoms. The van der Waals surface area contributed by atoms with E-state index >= 15 is 0 Å². The molecule has 2 fully saturated rings. The summed E-state index contributed by atoms with van der Waals surface area (Å²) in [5.74, 6) is -6.69. The summed E-state index contributed by atoms with van der Waals surface area (Å²) in [4.78, 5) is 85.0. The molecule has 2 saturated heterocycles. The standard InChI is InChI=1S/C26H37NO18/c1-10(29)27-26(45-16(7)35)23(40-14(5)33)19(36)17(8-28)43-25(26)44-22-21(39-13(4)32)20(38-12(3)31)18(9-37-11(2)30)42-24(22)41-15(6)34/h17-25,28,36H,8-9H2,1-7H3,(H,27,29)/t17-,18-,19-,20-,21+,22+,23+,24+,25+,26-/m1/s1. The van der Waals surface area contributed by atoms with E-state index in [1.54, 1.807) is 0 Å². The molecule has 2 rings (SSSR count). The maximum Gasteiger partial charge on any atom is 0.305 e. The molecule has 0 aromatic rings. The molecule has 0 aromatic carbocycles. The predicted octanol–water partition coefficient (Wildman–Crippen LogP) is -2.51. The van der Waals surface area contributed by atoms with Gasteiger partial charge in [0.25, 0.3) is 5.72 Å². The highest BCUT2D eigenvalue weighted by Crippen LogP contribution is 2.38. The highest BCUT2D eigenvalue weighted by molar-refractivity contribution is 5.75. The Morgan fingerprint density at radius 1 is 0.689 bits per heavy atom. The van der Waals surface area contributed by atoms with Crippen LogP contribution in [0.3, 0.4) is 0 Å². The molecule has 10 atom stereocenters. The molecule has 19 nitrogen and oxygen atoms in total. The third kappa shape index (κ3) is 9.79. The Kier molecular flexibility index (Phi) is 13.2. The SMILES string of the molecule is CC(=O)N[C@]1(OC(C)=O)[C@H](O[C@@H]2[C@@H](OC(C)=O)O[C@H](COC(C)=O)[C@@H](OC(C)=O)[C@@H]2OC(C)=O)O[C@H](CO)[C@@H](O)[C@@H]1OC(C)=O. The minimum atomic E-state index is -2.71. The van der Waals surface area contributed by atoms with Crippen LogP contribution in [0, 0.1) is 0 Å². The number of carbonyl (C=O) groups is 7. The number of hydrogen-bond acceptors (Lipinski definition) is 18. The highest BCUT2D eigenvalue weighted by atomic mass is 16.8. The van der Waals surface area contributed by atoms with E-state index in [9.17, 15) is 43.8 Å². The number of aliphatic hydroxyl groups is 2. The first-order valence-corrected chi connectivity index (χ1v) is 13.5. The second-order valence-electron chi connectivity index (χ2n) is 9.98. The molecule has 1 amide bonds. The number of aliphatic hydroxyl groups excluding tert-OH is 2. The van der Waals surface area contributed by atoms with E-state index in [1.807, 2.05) is 0 Å². The first-order chi connectivity index (χ1) is 20.9. The van der Waals surface area contributed by atoms with Crippen molar-refractivity contribution in [3.63, 3.8) is 0 Å². The van der Waals surface area contributed by atoms with Gasteiger partial charge in [0.05, 0.1) is 6.61 Å². The van der Waals surface area contributed by atoms with Crippen molar-refractivity contribution in [2.24, 2.45) is 0 Å². The van der Waals surface area contributed by atoms with Gasteiger partial charge in [0.2, 0.25) is 18.5 Å². The Morgan fingerprint density at radius 2 is 1.24 bits per heavy atom. The topological polar surface area (TPSA) is 255 Å². The molecule has 254 valence electrons. The zero-order chi connectivity index (χ0) is 34.2. The van der Waals surface area contributed by atoms with Crippen LogP contribution < -0.4 is 5.32 Å². The second-order valence-corrected chi connectivity index (χ2v) is 9.98. The number of hydrogen-bond donors (Lipinski definition) is 3. The maximum atomic E-state index is 12.4. The van der Waals surface area contributed by atoms with Gasteiger partial charge in [0.15, 0.2) is 24.4 Å². The average molecular weight is 652 g/mol. The summed E-state index contributed by atoms with van der Waals surface area (Å²) in [6.45, 7) is 5.33. The fraction of sp³-hybridized carbons (Fsp3) is 0.731. The van der Waals surface area contributed by atoms with Gasteiger partial charge >= 0.3 is 35.8 Å². The Morgan fingerprint density at radius 3 is 1.71 bits per heavy atom. The first-order valence-electron chi connectivity index (χ1n) is 13.5. The largest absolute Gasteiger partial charge is 0.463 e. The fourth-order valence-corrected chi connectivity index (χ4v) is 4.74. The van der Waals surface area contributed by atoms with Crippen LogP contribution in [0.4, 0.5) is 0 Å². The average Bonchev–Trinajstić information content (AvgIpc) is 2.88. The van der Waals surface area contributed by atoms with E-state index in [-0.39, 0.29) is 0 Å². The molecule has 0 aliphatic carbocycles. The molecule has 0 saturated carbocycles. The smallest absolute Gasteiger partial charge is 0.305 e. The minimum absolute atomic E-state index is 0.591. The van der Waals surface area contributed by atoms with Crippen molar-refractivity contribution in [2.75, 3.05) is 13.2 Å². The van der Waals surface area contributed by atoms with Gasteiger partial charge in [-0.05, 0) is 0 Å². The van der Waals surface area contributed by atoms with Gasteiger partial charge in [-0.3, -0.25) is 33.6 Å². The Hall–Kier alpha value is -3.91. The molecule has 0 spiro atoms. The highest BCUT2D eigenvalue weighted by Gasteiger charge is 2.65. The Bertz CT molecular complexity index is 1120. The Balaban J connectivity index is 2.80. The van der Waals surface area contributed by atoms with Gasteiger partial charge in [-0.2, -0.15) is 0 Å². The predicted molar refractivity (Wildman–Crippen MR) is 139 cm³/mol. The van der Waals surface area contributed by atoms with Crippen molar-refractivity contribution in [2.45, 2.75) is 109 Å². The number of rotatable bonds is 11. The van der Waals surface area contributed by atoms with Crippen molar-refractivity contribution >= 4 is 41.7 Å². The van der Waals surface area contributed by atoms with Crippen molar-refractivity contribution in [1.82, 2.24) is 5.32 Å². The zero-order valence-electron chi connectivity index (χ0n) is 25.5. The third-order valence-electron chi connectivity index (χ3n) is 6.13. The van der Waals surface area contributed by atoms with E-state index in [0.29, 0.717) is 0 Å². The van der Waals surface area contributed by atoms with E-state index in [1.165, 1.54) is 0 Å². The van der Waals surface area contributed by atoms with Crippen LogP contribution >= 0.6 is 0 Å². The summed E-state index contributed by atoms with van der Waals surface area (Å²) in [6, 6.07) is 0. The third-order valence-corrected chi connectivity index (χ3v) is 6.13. The van der Waals surface area contributed by atoms with Gasteiger partial charge in [-0.25, -0.2) is 0 Å². The van der Waals surface area contributed by atoms with Gasteiger partial charge in [0, 0.05) is 48.5 Å². The van der Waals surface area contributed by atoms with Crippen LogP contribution in [0.2, 0.25) is 0 Å². The van der Waals surface area contributed by atoms with Crippen molar-refractivity contribution in [3.05, 3.63) is 0 Å². The first kappa shape index (κ1) is 37.3. The lowest BCUT2D eigenvalue weighted by Gasteiger charge is -2.52. The van der Waals surface area contributed by atoms with Gasteiger partial charge in [-0.15, -0.1) is 0 Å². The normalized spacial score (nSPS) is 32.7. The lowest BCUT2D eigenvalue weighted by atomic mass is 9.91. The van der Waals surface area contributed by atoms with Gasteiger partial charge in [-0.1, -0.05) is 0 Å². The molecule has 2 aliphatic heterocycles. The van der Waals surface area contributed by atoms with Crippen molar-refractivity contribution in [3.8, 4) is 0 Å². The Labute approximate surface area is 256 Å². The molecule has 0 unspecified atom stereocenters. The molecule has 2 heterocycles. The summed E-state index contributed by atoms with van der Waals surface area (Å²) in [5.41, 5.74) is -2.71. The summed E-state index contributed by atoms with van der Waals surface area (Å²) in [6.07, 6.45) is -16.3. The molecular formula is C26H37NO18. The van der Waals surface area contributed by atoms with Crippen LogP contribution in [-0.4, -0.2) is 126 Å². The van der Waals surface area contributed by atoms with E-state index in [0.717, 1.165) is 48.5 Å². The van der Waals surface area contributed by atoms with Crippen LogP contribution in [0.15, 0.2) is 0 Å². The number of amides is 1. The molecule has 2 aliphatic rings. The number of esters is 6. The lowest BCUT2D eigenvalue weighted by Crippen LogP contribution is -2.77. The molecule has 45 heavy (non-hydrogen) atoms. The monoisotopic (exact) mass is 651 g/mol. The van der Waals surface area contributed by atoms with Crippen LogP contribution in [-0.2, 0) is 76.2 Å². The minimum Gasteiger partial charge on any atom is -0.463 e. The summed E-state index contributed by atoms with van der Waals surface area (Å²) in [7, 11) is 0. The number of ether oxygens (including phenoxy) is 9. The van der Waals surface area contributed by atoms with Crippen molar-refractivity contribution in [1.29, 1.82) is 0 Å². The van der Waals surface area contributed by atoms with E-state index < -0.39 is 116 Å². The second kappa shape index (κ2) is 15.9. The molecule has 3 N–H and O–H groups in total. The molecule has 19 heteroatoms. The van der Waals surface area contributed by atoms with E-state index in [4.69, 9.17) is 42.6 Å². The van der Waals surface area contributed by atoms with Crippen molar-refractivity contribution < 1.29 is 86.4 Å².